The third kappa shape index (κ3) is 4.94. The molecule has 0 unspecified atom stereocenters. The van der Waals surface area contributed by atoms with Gasteiger partial charge in [0.2, 0.25) is 0 Å². The molecule has 27 heavy (non-hydrogen) atoms. The average Bonchev–Trinajstić information content (AvgIpc) is 3.19. The maximum atomic E-state index is 12.3. The lowest BCUT2D eigenvalue weighted by Gasteiger charge is -2.12. The summed E-state index contributed by atoms with van der Waals surface area (Å²) in [6.07, 6.45) is 8.14. The molecule has 0 spiro atoms. The number of nitrogens with one attached hydrogen (secondary N) is 2. The first-order valence-electron chi connectivity index (χ1n) is 9.20. The van der Waals surface area contributed by atoms with Crippen molar-refractivity contribution >= 4 is 11.6 Å². The first-order chi connectivity index (χ1) is 13.1. The van der Waals surface area contributed by atoms with Crippen molar-refractivity contribution in [3.63, 3.8) is 0 Å². The number of pyridine rings is 1. The van der Waals surface area contributed by atoms with Gasteiger partial charge >= 0.3 is 0 Å². The van der Waals surface area contributed by atoms with Crippen molar-refractivity contribution in [2.75, 3.05) is 18.4 Å². The van der Waals surface area contributed by atoms with Crippen LogP contribution in [0.4, 0.5) is 5.69 Å². The molecule has 0 bridgehead atoms. The molecule has 0 fully saturated rings. The Hall–Kier alpha value is -3.15. The number of amides is 1. The van der Waals surface area contributed by atoms with Crippen molar-refractivity contribution in [2.45, 2.75) is 26.3 Å². The third-order valence-corrected chi connectivity index (χ3v) is 4.26. The van der Waals surface area contributed by atoms with Crippen molar-refractivity contribution < 1.29 is 4.79 Å². The standard InChI is InChI=1S/C21H25N5O/c1-16(2)26-14-13-24-20(26)17-6-8-18(9-7-17)21(27)25-12-4-11-23-19-5-3-10-22-15-19/h3,5-10,13-16,23H,4,11-12H2,1-2H3,(H,25,27). The Kier molecular flexibility index (Phi) is 6.20. The second kappa shape index (κ2) is 8.98. The zero-order chi connectivity index (χ0) is 19.1. The van der Waals surface area contributed by atoms with E-state index in [1.165, 1.54) is 0 Å². The summed E-state index contributed by atoms with van der Waals surface area (Å²) >= 11 is 0. The topological polar surface area (TPSA) is 71.8 Å². The number of anilines is 1. The van der Waals surface area contributed by atoms with Crippen LogP contribution in [0.5, 0.6) is 0 Å². The monoisotopic (exact) mass is 363 g/mol. The zero-order valence-electron chi connectivity index (χ0n) is 15.7. The maximum absolute atomic E-state index is 12.3. The zero-order valence-corrected chi connectivity index (χ0v) is 15.7. The highest BCUT2D eigenvalue weighted by Gasteiger charge is 2.10. The van der Waals surface area contributed by atoms with E-state index in [2.05, 4.69) is 39.0 Å². The van der Waals surface area contributed by atoms with E-state index < -0.39 is 0 Å². The number of rotatable bonds is 8. The minimum absolute atomic E-state index is 0.0601. The van der Waals surface area contributed by atoms with Crippen LogP contribution >= 0.6 is 0 Å². The molecule has 140 valence electrons. The minimum atomic E-state index is -0.0601. The van der Waals surface area contributed by atoms with Gasteiger partial charge in [-0.1, -0.05) is 12.1 Å². The summed E-state index contributed by atoms with van der Waals surface area (Å²) < 4.78 is 2.12. The Morgan fingerprint density at radius 1 is 1.11 bits per heavy atom. The molecule has 3 aromatic rings. The number of benzene rings is 1. The SMILES string of the molecule is CC(C)n1ccnc1-c1ccc(C(=O)NCCCNc2cccnc2)cc1. The largest absolute Gasteiger partial charge is 0.384 e. The van der Waals surface area contributed by atoms with Crippen LogP contribution < -0.4 is 10.6 Å². The summed E-state index contributed by atoms with van der Waals surface area (Å²) in [5, 5.41) is 6.23. The lowest BCUT2D eigenvalue weighted by molar-refractivity contribution is 0.0953. The predicted octanol–water partition coefficient (Wildman–Crippen LogP) is 3.76. The summed E-state index contributed by atoms with van der Waals surface area (Å²) in [6, 6.07) is 11.8. The van der Waals surface area contributed by atoms with Gasteiger partial charge in [-0.3, -0.25) is 9.78 Å². The van der Waals surface area contributed by atoms with Crippen LogP contribution in [0.1, 0.15) is 36.7 Å². The van der Waals surface area contributed by atoms with Gasteiger partial charge in [0.25, 0.3) is 5.91 Å². The molecule has 0 radical (unpaired) electrons. The van der Waals surface area contributed by atoms with E-state index in [0.717, 1.165) is 30.0 Å². The van der Waals surface area contributed by atoms with Crippen LogP contribution in [0.15, 0.2) is 61.2 Å². The maximum Gasteiger partial charge on any atom is 0.251 e. The molecule has 2 aromatic heterocycles. The van der Waals surface area contributed by atoms with Crippen LogP contribution in [0.3, 0.4) is 0 Å². The molecule has 0 aliphatic carbocycles. The minimum Gasteiger partial charge on any atom is -0.384 e. The number of aromatic nitrogens is 3. The van der Waals surface area contributed by atoms with Crippen molar-refractivity contribution in [3.05, 3.63) is 66.7 Å². The van der Waals surface area contributed by atoms with Gasteiger partial charge in [-0.2, -0.15) is 0 Å². The second-order valence-corrected chi connectivity index (χ2v) is 6.61. The molecule has 1 aromatic carbocycles. The molecule has 2 heterocycles. The number of hydrogen-bond acceptors (Lipinski definition) is 4. The van der Waals surface area contributed by atoms with Crippen LogP contribution in [0.25, 0.3) is 11.4 Å². The smallest absolute Gasteiger partial charge is 0.251 e. The van der Waals surface area contributed by atoms with Gasteiger partial charge in [-0.05, 0) is 44.5 Å². The van der Waals surface area contributed by atoms with Gasteiger partial charge in [-0.25, -0.2) is 4.98 Å². The molecular formula is C21H25N5O. The van der Waals surface area contributed by atoms with Crippen molar-refractivity contribution in [3.8, 4) is 11.4 Å². The summed E-state index contributed by atoms with van der Waals surface area (Å²) in [5.41, 5.74) is 2.65. The van der Waals surface area contributed by atoms with Gasteiger partial charge < -0.3 is 15.2 Å². The molecule has 0 atom stereocenters. The molecule has 0 aliphatic rings. The van der Waals surface area contributed by atoms with E-state index in [-0.39, 0.29) is 5.91 Å². The van der Waals surface area contributed by atoms with Crippen LogP contribution in [0, 0.1) is 0 Å². The van der Waals surface area contributed by atoms with Crippen molar-refractivity contribution in [1.29, 1.82) is 0 Å². The summed E-state index contributed by atoms with van der Waals surface area (Å²) in [4.78, 5) is 20.8. The Bertz CT molecular complexity index is 856. The summed E-state index contributed by atoms with van der Waals surface area (Å²) in [5.74, 6) is 0.855. The number of nitrogens with zero attached hydrogens (tertiary/aromatic N) is 3. The van der Waals surface area contributed by atoms with Gasteiger partial charge in [0, 0.05) is 55.0 Å². The van der Waals surface area contributed by atoms with Crippen LogP contribution in [-0.4, -0.2) is 33.5 Å². The van der Waals surface area contributed by atoms with Crippen LogP contribution in [0.2, 0.25) is 0 Å². The number of imidazole rings is 1. The van der Waals surface area contributed by atoms with E-state index in [9.17, 15) is 4.79 Å². The Balaban J connectivity index is 1.48. The van der Waals surface area contributed by atoms with Crippen molar-refractivity contribution in [2.24, 2.45) is 0 Å². The number of hydrogen-bond donors (Lipinski definition) is 2. The fourth-order valence-electron chi connectivity index (χ4n) is 2.82. The van der Waals surface area contributed by atoms with E-state index in [1.54, 1.807) is 18.6 Å². The third-order valence-electron chi connectivity index (χ3n) is 4.26. The predicted molar refractivity (Wildman–Crippen MR) is 108 cm³/mol. The molecule has 6 nitrogen and oxygen atoms in total. The van der Waals surface area contributed by atoms with E-state index >= 15 is 0 Å². The lowest BCUT2D eigenvalue weighted by Crippen LogP contribution is -2.25. The van der Waals surface area contributed by atoms with Gasteiger partial charge in [0.05, 0.1) is 5.69 Å². The molecule has 1 amide bonds. The first-order valence-corrected chi connectivity index (χ1v) is 9.20. The highest BCUT2D eigenvalue weighted by Crippen LogP contribution is 2.21. The number of carbonyl (C=O) groups excluding carboxylic acids is 1. The fraction of sp³-hybridized carbons (Fsp3) is 0.286. The summed E-state index contributed by atoms with van der Waals surface area (Å²) in [7, 11) is 0. The Morgan fingerprint density at radius 3 is 2.63 bits per heavy atom. The highest BCUT2D eigenvalue weighted by atomic mass is 16.1. The van der Waals surface area contributed by atoms with Crippen molar-refractivity contribution in [1.82, 2.24) is 19.9 Å². The highest BCUT2D eigenvalue weighted by molar-refractivity contribution is 5.94. The molecule has 0 saturated carbocycles. The molecule has 3 rings (SSSR count). The number of carbonyl (C=O) groups is 1. The van der Waals surface area contributed by atoms with Gasteiger partial charge in [0.15, 0.2) is 0 Å². The summed E-state index contributed by atoms with van der Waals surface area (Å²) in [6.45, 7) is 5.64. The van der Waals surface area contributed by atoms with Gasteiger partial charge in [-0.15, -0.1) is 0 Å². The molecule has 6 heteroatoms. The van der Waals surface area contributed by atoms with Gasteiger partial charge in [0.1, 0.15) is 5.82 Å². The van der Waals surface area contributed by atoms with Crippen LogP contribution in [-0.2, 0) is 0 Å². The molecule has 0 aliphatic heterocycles. The first kappa shape index (κ1) is 18.6. The van der Waals surface area contributed by atoms with E-state index in [0.29, 0.717) is 18.2 Å². The fourth-order valence-corrected chi connectivity index (χ4v) is 2.82. The quantitative estimate of drug-likeness (QED) is 0.598. The molecular weight excluding hydrogens is 338 g/mol. The molecule has 2 N–H and O–H groups in total. The Labute approximate surface area is 159 Å². The average molecular weight is 363 g/mol. The normalized spacial score (nSPS) is 10.8. The van der Waals surface area contributed by atoms with E-state index in [4.69, 9.17) is 0 Å². The Morgan fingerprint density at radius 2 is 1.93 bits per heavy atom. The molecule has 0 saturated heterocycles. The second-order valence-electron chi connectivity index (χ2n) is 6.61. The van der Waals surface area contributed by atoms with E-state index in [1.807, 2.05) is 42.6 Å². The lowest BCUT2D eigenvalue weighted by atomic mass is 10.1.